The maximum Gasteiger partial charge on any atom is 0.239 e. The zero-order valence-corrected chi connectivity index (χ0v) is 16.5. The summed E-state index contributed by atoms with van der Waals surface area (Å²) in [7, 11) is -1.44. The summed E-state index contributed by atoms with van der Waals surface area (Å²) in [4.78, 5) is 15.5. The molecule has 1 amide bonds. The van der Waals surface area contributed by atoms with E-state index in [0.29, 0.717) is 5.96 Å². The summed E-state index contributed by atoms with van der Waals surface area (Å²) in [6.45, 7) is 7.64. The van der Waals surface area contributed by atoms with Crippen molar-refractivity contribution >= 4 is 45.7 Å². The monoisotopic (exact) mass is 434 g/mol. The topological polar surface area (TPSA) is 99.7 Å². The molecule has 21 heavy (non-hydrogen) atoms. The number of halogens is 1. The second kappa shape index (κ2) is 10.2. The maximum absolute atomic E-state index is 11.6. The predicted octanol–water partition coefficient (Wildman–Crippen LogP) is 0.119. The van der Waals surface area contributed by atoms with Crippen LogP contribution < -0.4 is 16.0 Å². The Hall–Kier alpha value is -0.580. The zero-order chi connectivity index (χ0) is 15.8. The van der Waals surface area contributed by atoms with Gasteiger partial charge in [-0.3, -0.25) is 9.79 Å². The van der Waals surface area contributed by atoms with Crippen LogP contribution in [0.1, 0.15) is 27.7 Å². The lowest BCUT2D eigenvalue weighted by molar-refractivity contribution is -0.121. The number of guanidine groups is 1. The van der Waals surface area contributed by atoms with Gasteiger partial charge in [-0.1, -0.05) is 6.92 Å². The number of hydrogen-bond acceptors (Lipinski definition) is 4. The van der Waals surface area contributed by atoms with Crippen molar-refractivity contribution in [1.29, 1.82) is 0 Å². The predicted molar refractivity (Wildman–Crippen MR) is 97.0 cm³/mol. The first-order valence-corrected chi connectivity index (χ1v) is 8.37. The molecule has 0 aromatic rings. The lowest BCUT2D eigenvalue weighted by atomic mass is 10.1. The second-order valence-electron chi connectivity index (χ2n) is 5.39. The number of nitrogens with zero attached hydrogens (tertiary/aromatic N) is 1. The van der Waals surface area contributed by atoms with Gasteiger partial charge in [-0.05, 0) is 20.8 Å². The third-order valence-electron chi connectivity index (χ3n) is 2.30. The molecule has 9 heteroatoms. The molecule has 0 spiro atoms. The molecular formula is C12H27IN4O3S. The van der Waals surface area contributed by atoms with E-state index < -0.39 is 9.84 Å². The Kier molecular flexibility index (Phi) is 11.0. The summed E-state index contributed by atoms with van der Waals surface area (Å²) >= 11 is 0. The Bertz CT molecular complexity index is 444. The fourth-order valence-electron chi connectivity index (χ4n) is 1.32. The standard InChI is InChI=1S/C12H26N4O3S.HI/c1-6-20(18,19)8-7-14-11(13-5)15-9-10(17)16-12(2,3)4;/h6-9H2,1-5H3,(H,16,17)(H2,13,14,15);1H. The summed E-state index contributed by atoms with van der Waals surface area (Å²) in [5, 5.41) is 8.49. The van der Waals surface area contributed by atoms with Crippen LogP contribution in [0.2, 0.25) is 0 Å². The zero-order valence-electron chi connectivity index (χ0n) is 13.3. The number of sulfone groups is 1. The van der Waals surface area contributed by atoms with Crippen LogP contribution in [0.3, 0.4) is 0 Å². The van der Waals surface area contributed by atoms with E-state index in [-0.39, 0.29) is 60.0 Å². The van der Waals surface area contributed by atoms with E-state index in [1.807, 2.05) is 20.8 Å². The Balaban J connectivity index is 0. The van der Waals surface area contributed by atoms with Gasteiger partial charge in [-0.25, -0.2) is 8.42 Å². The minimum absolute atomic E-state index is 0. The summed E-state index contributed by atoms with van der Waals surface area (Å²) in [5.74, 6) is 0.412. The average molecular weight is 434 g/mol. The lowest BCUT2D eigenvalue weighted by Gasteiger charge is -2.21. The van der Waals surface area contributed by atoms with Crippen LogP contribution in [0.15, 0.2) is 4.99 Å². The smallest absolute Gasteiger partial charge is 0.239 e. The molecule has 0 saturated heterocycles. The molecule has 0 radical (unpaired) electrons. The van der Waals surface area contributed by atoms with Gasteiger partial charge in [0.05, 0.1) is 12.3 Å². The number of rotatable bonds is 6. The van der Waals surface area contributed by atoms with E-state index in [1.54, 1.807) is 14.0 Å². The van der Waals surface area contributed by atoms with Crippen LogP contribution in [0.5, 0.6) is 0 Å². The third kappa shape index (κ3) is 12.8. The molecular weight excluding hydrogens is 407 g/mol. The fraction of sp³-hybridized carbons (Fsp3) is 0.833. The van der Waals surface area contributed by atoms with Crippen LogP contribution in [-0.2, 0) is 14.6 Å². The minimum Gasteiger partial charge on any atom is -0.355 e. The second-order valence-corrected chi connectivity index (χ2v) is 7.86. The van der Waals surface area contributed by atoms with Crippen LogP contribution in [0, 0.1) is 0 Å². The Morgan fingerprint density at radius 2 is 1.76 bits per heavy atom. The van der Waals surface area contributed by atoms with Gasteiger partial charge in [-0.15, -0.1) is 24.0 Å². The quantitative estimate of drug-likeness (QED) is 0.313. The van der Waals surface area contributed by atoms with Gasteiger partial charge in [0, 0.05) is 24.9 Å². The highest BCUT2D eigenvalue weighted by Gasteiger charge is 2.13. The Morgan fingerprint density at radius 3 is 2.19 bits per heavy atom. The summed E-state index contributed by atoms with van der Waals surface area (Å²) in [6.07, 6.45) is 0. The Morgan fingerprint density at radius 1 is 1.19 bits per heavy atom. The van der Waals surface area contributed by atoms with Crippen LogP contribution in [-0.4, -0.2) is 57.5 Å². The van der Waals surface area contributed by atoms with Gasteiger partial charge in [0.25, 0.3) is 0 Å². The molecule has 0 saturated carbocycles. The molecule has 0 rings (SSSR count). The van der Waals surface area contributed by atoms with E-state index in [2.05, 4.69) is 20.9 Å². The number of amides is 1. The van der Waals surface area contributed by atoms with Crippen LogP contribution in [0.4, 0.5) is 0 Å². The molecule has 0 aliphatic rings. The highest BCUT2D eigenvalue weighted by atomic mass is 127. The number of carbonyl (C=O) groups is 1. The van der Waals surface area contributed by atoms with Gasteiger partial charge in [0.15, 0.2) is 15.8 Å². The maximum atomic E-state index is 11.6. The fourth-order valence-corrected chi connectivity index (χ4v) is 2.02. The number of hydrogen-bond donors (Lipinski definition) is 3. The van der Waals surface area contributed by atoms with Crippen molar-refractivity contribution in [2.75, 3.05) is 31.6 Å². The SMILES string of the molecule is CCS(=O)(=O)CCNC(=NC)NCC(=O)NC(C)(C)C.I. The number of nitrogens with one attached hydrogen (secondary N) is 3. The first kappa shape index (κ1) is 22.7. The first-order valence-electron chi connectivity index (χ1n) is 6.55. The summed E-state index contributed by atoms with van der Waals surface area (Å²) in [6, 6.07) is 0. The highest BCUT2D eigenvalue weighted by molar-refractivity contribution is 14.0. The largest absolute Gasteiger partial charge is 0.355 e. The molecule has 0 aliphatic carbocycles. The molecule has 0 heterocycles. The number of carbonyl (C=O) groups excluding carboxylic acids is 1. The van der Waals surface area contributed by atoms with Gasteiger partial charge in [0.2, 0.25) is 5.91 Å². The first-order chi connectivity index (χ1) is 9.09. The average Bonchev–Trinajstić information content (AvgIpc) is 2.31. The van der Waals surface area contributed by atoms with Crippen molar-refractivity contribution in [1.82, 2.24) is 16.0 Å². The van der Waals surface area contributed by atoms with E-state index in [9.17, 15) is 13.2 Å². The third-order valence-corrected chi connectivity index (χ3v) is 4.01. The molecule has 0 aliphatic heterocycles. The van der Waals surface area contributed by atoms with Crippen LogP contribution in [0.25, 0.3) is 0 Å². The van der Waals surface area contributed by atoms with Crippen LogP contribution >= 0.6 is 24.0 Å². The molecule has 7 nitrogen and oxygen atoms in total. The molecule has 0 bridgehead atoms. The van der Waals surface area contributed by atoms with E-state index in [1.165, 1.54) is 0 Å². The van der Waals surface area contributed by atoms with Gasteiger partial charge >= 0.3 is 0 Å². The van der Waals surface area contributed by atoms with Crippen molar-refractivity contribution in [2.24, 2.45) is 4.99 Å². The van der Waals surface area contributed by atoms with Gasteiger partial charge in [-0.2, -0.15) is 0 Å². The van der Waals surface area contributed by atoms with Gasteiger partial charge < -0.3 is 16.0 Å². The molecule has 3 N–H and O–H groups in total. The van der Waals surface area contributed by atoms with Crippen molar-refractivity contribution < 1.29 is 13.2 Å². The summed E-state index contributed by atoms with van der Waals surface area (Å²) < 4.78 is 22.7. The van der Waals surface area contributed by atoms with E-state index in [0.717, 1.165) is 0 Å². The highest BCUT2D eigenvalue weighted by Crippen LogP contribution is 1.97. The van der Waals surface area contributed by atoms with Crippen molar-refractivity contribution in [3.05, 3.63) is 0 Å². The molecule has 0 aromatic heterocycles. The Labute approximate surface area is 144 Å². The molecule has 0 fully saturated rings. The lowest BCUT2D eigenvalue weighted by Crippen LogP contribution is -2.48. The van der Waals surface area contributed by atoms with Crippen molar-refractivity contribution in [2.45, 2.75) is 33.2 Å². The minimum atomic E-state index is -3.00. The van der Waals surface area contributed by atoms with Gasteiger partial charge in [0.1, 0.15) is 0 Å². The molecule has 126 valence electrons. The molecule has 0 aromatic carbocycles. The molecule has 0 atom stereocenters. The van der Waals surface area contributed by atoms with E-state index >= 15 is 0 Å². The normalized spacial score (nSPS) is 12.3. The summed E-state index contributed by atoms with van der Waals surface area (Å²) in [5.41, 5.74) is -0.287. The number of aliphatic imine (C=N–C) groups is 1. The van der Waals surface area contributed by atoms with E-state index in [4.69, 9.17) is 0 Å². The molecule has 0 unspecified atom stereocenters. The van der Waals surface area contributed by atoms with Crippen molar-refractivity contribution in [3.8, 4) is 0 Å². The van der Waals surface area contributed by atoms with Crippen molar-refractivity contribution in [3.63, 3.8) is 0 Å².